The molecule has 3 aromatic heterocycles. The fourth-order valence-corrected chi connectivity index (χ4v) is 3.76. The molecule has 4 aromatic rings. The highest BCUT2D eigenvalue weighted by Crippen LogP contribution is 2.38. The number of hydrogen-bond acceptors (Lipinski definition) is 8. The summed E-state index contributed by atoms with van der Waals surface area (Å²) in [5.74, 6) is 1.34. The molecule has 8 nitrogen and oxygen atoms in total. The van der Waals surface area contributed by atoms with E-state index in [1.54, 1.807) is 19.5 Å². The molecule has 1 aromatic carbocycles. The molecule has 1 N–H and O–H groups in total. The second kappa shape index (κ2) is 8.91. The van der Waals surface area contributed by atoms with Crippen molar-refractivity contribution in [3.63, 3.8) is 0 Å². The maximum atomic E-state index is 5.81. The monoisotopic (exact) mass is 422 g/mol. The zero-order chi connectivity index (χ0) is 20.9. The van der Waals surface area contributed by atoms with Gasteiger partial charge in [0.1, 0.15) is 11.4 Å². The number of ether oxygens (including phenoxy) is 2. The van der Waals surface area contributed by atoms with Crippen molar-refractivity contribution in [3.8, 4) is 22.1 Å². The summed E-state index contributed by atoms with van der Waals surface area (Å²) in [4.78, 5) is 13.3. The van der Waals surface area contributed by atoms with Crippen LogP contribution in [0.15, 0.2) is 48.9 Å². The van der Waals surface area contributed by atoms with Gasteiger partial charge in [-0.1, -0.05) is 23.5 Å². The number of nitrogens with zero attached hydrogens (tertiary/aromatic N) is 5. The van der Waals surface area contributed by atoms with E-state index in [0.717, 1.165) is 33.3 Å². The summed E-state index contributed by atoms with van der Waals surface area (Å²) in [6.45, 7) is 5.08. The van der Waals surface area contributed by atoms with E-state index in [4.69, 9.17) is 14.5 Å². The van der Waals surface area contributed by atoms with E-state index in [2.05, 4.69) is 20.4 Å². The number of aryl methyl sites for hydroxylation is 1. The average Bonchev–Trinajstić information content (AvgIpc) is 3.36. The number of rotatable bonds is 8. The van der Waals surface area contributed by atoms with Gasteiger partial charge in [0.15, 0.2) is 5.13 Å². The molecule has 0 atom stereocenters. The number of nitrogens with one attached hydrogen (secondary N) is 1. The summed E-state index contributed by atoms with van der Waals surface area (Å²) in [5.41, 5.74) is 3.65. The quantitative estimate of drug-likeness (QED) is 0.453. The lowest BCUT2D eigenvalue weighted by Gasteiger charge is -2.04. The molecule has 0 aliphatic carbocycles. The fourth-order valence-electron chi connectivity index (χ4n) is 2.87. The summed E-state index contributed by atoms with van der Waals surface area (Å²) >= 11 is 1.42. The predicted octanol–water partition coefficient (Wildman–Crippen LogP) is 4.30. The summed E-state index contributed by atoms with van der Waals surface area (Å²) in [7, 11) is 1.66. The molecule has 0 saturated heterocycles. The molecule has 0 spiro atoms. The van der Waals surface area contributed by atoms with Gasteiger partial charge in [-0.05, 0) is 37.6 Å². The summed E-state index contributed by atoms with van der Waals surface area (Å²) in [6, 6.07) is 9.79. The van der Waals surface area contributed by atoms with E-state index < -0.39 is 0 Å². The number of thiazole rings is 1. The molecule has 4 rings (SSSR count). The third kappa shape index (κ3) is 4.57. The van der Waals surface area contributed by atoms with Gasteiger partial charge >= 0.3 is 0 Å². The standard InChI is InChI=1S/C21H22N6O2S/c1-4-29-19-18(25-21(30-19)26-20-22-10-9-14(2)24-20)16-11-23-27(13-16)12-15-5-7-17(28-3)8-6-15/h5-11,13H,4,12H2,1-3H3,(H,22,24,25,26). The smallest absolute Gasteiger partial charge is 0.229 e. The highest BCUT2D eigenvalue weighted by Gasteiger charge is 2.17. The molecular weight excluding hydrogens is 400 g/mol. The van der Waals surface area contributed by atoms with Gasteiger partial charge in [0, 0.05) is 23.7 Å². The second-order valence-corrected chi connectivity index (χ2v) is 7.47. The van der Waals surface area contributed by atoms with Crippen LogP contribution in [0.4, 0.5) is 11.1 Å². The van der Waals surface area contributed by atoms with Crippen molar-refractivity contribution in [1.82, 2.24) is 24.7 Å². The van der Waals surface area contributed by atoms with E-state index in [9.17, 15) is 0 Å². The van der Waals surface area contributed by atoms with Crippen LogP contribution in [-0.2, 0) is 6.54 Å². The molecular formula is C21H22N6O2S. The summed E-state index contributed by atoms with van der Waals surface area (Å²) in [5, 5.41) is 9.04. The molecule has 154 valence electrons. The van der Waals surface area contributed by atoms with Crippen molar-refractivity contribution in [2.24, 2.45) is 0 Å². The highest BCUT2D eigenvalue weighted by atomic mass is 32.1. The maximum Gasteiger partial charge on any atom is 0.229 e. The Labute approximate surface area is 178 Å². The minimum atomic E-state index is 0.508. The topological polar surface area (TPSA) is 87.0 Å². The van der Waals surface area contributed by atoms with Crippen LogP contribution in [0, 0.1) is 6.92 Å². The van der Waals surface area contributed by atoms with Gasteiger partial charge in [0.2, 0.25) is 11.0 Å². The van der Waals surface area contributed by atoms with Crippen molar-refractivity contribution in [1.29, 1.82) is 0 Å². The first kappa shape index (κ1) is 19.8. The highest BCUT2D eigenvalue weighted by molar-refractivity contribution is 7.17. The van der Waals surface area contributed by atoms with Gasteiger partial charge in [-0.3, -0.25) is 10.00 Å². The van der Waals surface area contributed by atoms with Gasteiger partial charge in [-0.25, -0.2) is 15.0 Å². The third-order valence-electron chi connectivity index (χ3n) is 4.30. The van der Waals surface area contributed by atoms with Crippen LogP contribution >= 0.6 is 11.3 Å². The van der Waals surface area contributed by atoms with Gasteiger partial charge in [0.25, 0.3) is 0 Å². The van der Waals surface area contributed by atoms with E-state index in [-0.39, 0.29) is 0 Å². The molecule has 0 fully saturated rings. The SMILES string of the molecule is CCOc1sc(Nc2nccc(C)n2)nc1-c1cnn(Cc2ccc(OC)cc2)c1. The van der Waals surface area contributed by atoms with Crippen LogP contribution in [0.2, 0.25) is 0 Å². The number of benzene rings is 1. The van der Waals surface area contributed by atoms with Crippen molar-refractivity contribution in [2.45, 2.75) is 20.4 Å². The summed E-state index contributed by atoms with van der Waals surface area (Å²) in [6.07, 6.45) is 5.48. The van der Waals surface area contributed by atoms with E-state index in [0.29, 0.717) is 24.2 Å². The molecule has 0 unspecified atom stereocenters. The van der Waals surface area contributed by atoms with Gasteiger partial charge in [-0.2, -0.15) is 5.10 Å². The zero-order valence-electron chi connectivity index (χ0n) is 17.0. The van der Waals surface area contributed by atoms with Crippen molar-refractivity contribution >= 4 is 22.4 Å². The number of hydrogen-bond donors (Lipinski definition) is 1. The van der Waals surface area contributed by atoms with Crippen LogP contribution in [-0.4, -0.2) is 38.4 Å². The molecule has 0 saturated carbocycles. The first-order valence-electron chi connectivity index (χ1n) is 9.50. The Morgan fingerprint density at radius 1 is 1.13 bits per heavy atom. The van der Waals surface area contributed by atoms with Crippen LogP contribution in [0.1, 0.15) is 18.2 Å². The summed E-state index contributed by atoms with van der Waals surface area (Å²) < 4.78 is 12.9. The van der Waals surface area contributed by atoms with Crippen LogP contribution in [0.3, 0.4) is 0 Å². The van der Waals surface area contributed by atoms with E-state index >= 15 is 0 Å². The number of anilines is 2. The Balaban J connectivity index is 1.55. The van der Waals surface area contributed by atoms with Crippen LogP contribution in [0.5, 0.6) is 10.8 Å². The largest absolute Gasteiger partial charge is 0.497 e. The molecule has 0 aliphatic heterocycles. The molecule has 0 radical (unpaired) electrons. The normalized spacial score (nSPS) is 10.8. The predicted molar refractivity (Wildman–Crippen MR) is 117 cm³/mol. The zero-order valence-corrected chi connectivity index (χ0v) is 17.8. The molecule has 0 bridgehead atoms. The Kier molecular flexibility index (Phi) is 5.89. The molecule has 0 amide bonds. The minimum absolute atomic E-state index is 0.508. The van der Waals surface area contributed by atoms with Gasteiger partial charge in [0.05, 0.1) is 26.5 Å². The Bertz CT molecular complexity index is 1120. The van der Waals surface area contributed by atoms with Crippen molar-refractivity contribution in [2.75, 3.05) is 19.0 Å². The Morgan fingerprint density at radius 3 is 2.70 bits per heavy atom. The fraction of sp³-hybridized carbons (Fsp3) is 0.238. The van der Waals surface area contributed by atoms with Crippen LogP contribution in [0.25, 0.3) is 11.3 Å². The van der Waals surface area contributed by atoms with E-state index in [1.807, 2.05) is 55.1 Å². The van der Waals surface area contributed by atoms with Crippen LogP contribution < -0.4 is 14.8 Å². The second-order valence-electron chi connectivity index (χ2n) is 6.51. The van der Waals surface area contributed by atoms with Gasteiger partial charge in [-0.15, -0.1) is 0 Å². The third-order valence-corrected chi connectivity index (χ3v) is 5.18. The average molecular weight is 423 g/mol. The van der Waals surface area contributed by atoms with Crippen molar-refractivity contribution < 1.29 is 9.47 Å². The van der Waals surface area contributed by atoms with E-state index in [1.165, 1.54) is 11.3 Å². The Hall–Kier alpha value is -3.46. The first-order chi connectivity index (χ1) is 14.6. The number of methoxy groups -OCH3 is 1. The van der Waals surface area contributed by atoms with Crippen molar-refractivity contribution in [3.05, 3.63) is 60.2 Å². The number of aromatic nitrogens is 5. The lowest BCUT2D eigenvalue weighted by Crippen LogP contribution is -1.99. The lowest BCUT2D eigenvalue weighted by molar-refractivity contribution is 0.351. The first-order valence-corrected chi connectivity index (χ1v) is 10.3. The molecule has 3 heterocycles. The molecule has 30 heavy (non-hydrogen) atoms. The minimum Gasteiger partial charge on any atom is -0.497 e. The maximum absolute atomic E-state index is 5.81. The Morgan fingerprint density at radius 2 is 1.97 bits per heavy atom. The molecule has 9 heteroatoms. The van der Waals surface area contributed by atoms with Gasteiger partial charge < -0.3 is 9.47 Å². The molecule has 0 aliphatic rings. The lowest BCUT2D eigenvalue weighted by atomic mass is 10.2.